The third kappa shape index (κ3) is 5.65. The van der Waals surface area contributed by atoms with Crippen molar-refractivity contribution < 1.29 is 14.3 Å². The van der Waals surface area contributed by atoms with Crippen LogP contribution in [0.2, 0.25) is 0 Å². The van der Waals surface area contributed by atoms with Gasteiger partial charge in [0, 0.05) is 23.3 Å². The molecule has 8 nitrogen and oxygen atoms in total. The number of ketones is 2. The van der Waals surface area contributed by atoms with Gasteiger partial charge in [-0.1, -0.05) is 68.1 Å². The molecule has 0 spiro atoms. The largest absolute Gasteiger partial charge is 0.497 e. The number of aromatic nitrogens is 2. The van der Waals surface area contributed by atoms with E-state index in [1.54, 1.807) is 36.3 Å². The summed E-state index contributed by atoms with van der Waals surface area (Å²) in [5.41, 5.74) is 10.7. The van der Waals surface area contributed by atoms with E-state index >= 15 is 0 Å². The number of hydrogen-bond acceptors (Lipinski definition) is 10. The Morgan fingerprint density at radius 1 is 1.17 bits per heavy atom. The minimum atomic E-state index is -0.537. The Labute approximate surface area is 247 Å². The summed E-state index contributed by atoms with van der Waals surface area (Å²) in [4.78, 5) is 28.2. The number of aryl methyl sites for hydroxylation is 1. The number of nitrogens with zero attached hydrogens (tertiary/aromatic N) is 4. The molecule has 1 aromatic heterocycles. The molecule has 3 aromatic rings. The van der Waals surface area contributed by atoms with E-state index < -0.39 is 5.92 Å². The fraction of sp³-hybridized carbons (Fsp3) is 0.323. The predicted octanol–water partition coefficient (Wildman–Crippen LogP) is 6.02. The summed E-state index contributed by atoms with van der Waals surface area (Å²) >= 11 is 2.57. The van der Waals surface area contributed by atoms with Crippen molar-refractivity contribution in [2.75, 3.05) is 17.8 Å². The van der Waals surface area contributed by atoms with E-state index in [1.807, 2.05) is 24.3 Å². The maximum atomic E-state index is 13.7. The zero-order chi connectivity index (χ0) is 29.3. The molecule has 10 heteroatoms. The summed E-state index contributed by atoms with van der Waals surface area (Å²) < 4.78 is 5.76. The highest BCUT2D eigenvalue weighted by Crippen LogP contribution is 2.50. The summed E-state index contributed by atoms with van der Waals surface area (Å²) in [5, 5.41) is 19.5. The van der Waals surface area contributed by atoms with Gasteiger partial charge in [0.25, 0.3) is 0 Å². The quantitative estimate of drug-likeness (QED) is 0.250. The molecule has 210 valence electrons. The molecule has 0 radical (unpaired) electrons. The average molecular weight is 586 g/mol. The van der Waals surface area contributed by atoms with Crippen molar-refractivity contribution in [1.29, 1.82) is 5.26 Å². The van der Waals surface area contributed by atoms with E-state index in [1.165, 1.54) is 28.7 Å². The summed E-state index contributed by atoms with van der Waals surface area (Å²) in [6.07, 6.45) is 1.87. The normalized spacial score (nSPS) is 18.3. The van der Waals surface area contributed by atoms with Gasteiger partial charge < -0.3 is 10.5 Å². The number of thioether (sulfide) groups is 1. The lowest BCUT2D eigenvalue weighted by Crippen LogP contribution is -2.42. The maximum Gasteiger partial charge on any atom is 0.219 e. The van der Waals surface area contributed by atoms with Crippen molar-refractivity contribution in [1.82, 2.24) is 10.2 Å². The van der Waals surface area contributed by atoms with Crippen LogP contribution in [0.25, 0.3) is 0 Å². The highest BCUT2D eigenvalue weighted by molar-refractivity contribution is 8.01. The van der Waals surface area contributed by atoms with Crippen LogP contribution in [0.4, 0.5) is 5.13 Å². The predicted molar refractivity (Wildman–Crippen MR) is 161 cm³/mol. The van der Waals surface area contributed by atoms with Crippen molar-refractivity contribution in [3.63, 3.8) is 0 Å². The zero-order valence-corrected chi connectivity index (χ0v) is 25.1. The van der Waals surface area contributed by atoms with Crippen LogP contribution >= 0.6 is 23.1 Å². The van der Waals surface area contributed by atoms with Crippen LogP contribution in [0.15, 0.2) is 75.5 Å². The number of Topliss-reactive ketones (excluding diaryl/α,β-unsaturated/α-hetero) is 2. The number of nitrogens with two attached hydrogens (primary N) is 1. The highest BCUT2D eigenvalue weighted by atomic mass is 32.2. The van der Waals surface area contributed by atoms with Gasteiger partial charge in [0.05, 0.1) is 30.4 Å². The number of carbonyl (C=O) groups excluding carboxylic acids is 2. The molecule has 0 saturated carbocycles. The minimum Gasteiger partial charge on any atom is -0.497 e. The molecule has 0 saturated heterocycles. The Bertz CT molecular complexity index is 1600. The third-order valence-electron chi connectivity index (χ3n) is 7.43. The highest BCUT2D eigenvalue weighted by Gasteiger charge is 2.45. The van der Waals surface area contributed by atoms with Gasteiger partial charge in [-0.15, -0.1) is 10.2 Å². The van der Waals surface area contributed by atoms with Gasteiger partial charge in [0.1, 0.15) is 11.6 Å². The smallest absolute Gasteiger partial charge is 0.219 e. The molecule has 5 rings (SSSR count). The van der Waals surface area contributed by atoms with Crippen LogP contribution in [0.5, 0.6) is 5.75 Å². The van der Waals surface area contributed by atoms with Gasteiger partial charge in [-0.3, -0.25) is 14.5 Å². The Morgan fingerprint density at radius 2 is 1.88 bits per heavy atom. The molecule has 1 atom stereocenters. The number of rotatable bonds is 8. The molecular weight excluding hydrogens is 555 g/mol. The standard InChI is InChI=1S/C31H31N5O3S2/c1-5-18-6-8-20(9-7-18)26-22(16-32)28(33)36(23-14-31(2,3)15-24(37)27(23)26)29-34-35-30(41-29)40-17-25(38)19-10-12-21(39-4)13-11-19/h6-13,26H,5,14-15,17,33H2,1-4H3. The number of ether oxygens (including phenoxy) is 1. The lowest BCUT2D eigenvalue weighted by molar-refractivity contribution is -0.118. The number of hydrogen-bond donors (Lipinski definition) is 1. The Kier molecular flexibility index (Phi) is 8.02. The molecule has 1 aliphatic carbocycles. The number of allylic oxidation sites excluding steroid dienone is 3. The Balaban J connectivity index is 1.48. The monoisotopic (exact) mass is 585 g/mol. The van der Waals surface area contributed by atoms with Gasteiger partial charge in [0.2, 0.25) is 5.13 Å². The number of methoxy groups -OCH3 is 1. The van der Waals surface area contributed by atoms with E-state index in [2.05, 4.69) is 37.0 Å². The first-order valence-electron chi connectivity index (χ1n) is 13.3. The van der Waals surface area contributed by atoms with Crippen molar-refractivity contribution in [2.24, 2.45) is 11.1 Å². The van der Waals surface area contributed by atoms with Crippen molar-refractivity contribution >= 4 is 39.8 Å². The number of benzene rings is 2. The Morgan fingerprint density at radius 3 is 2.51 bits per heavy atom. The second-order valence-corrected chi connectivity index (χ2v) is 13.0. The minimum absolute atomic E-state index is 0.00951. The van der Waals surface area contributed by atoms with E-state index in [0.717, 1.165) is 17.7 Å². The second kappa shape index (κ2) is 11.5. The van der Waals surface area contributed by atoms with Crippen LogP contribution in [-0.2, 0) is 11.2 Å². The first-order valence-corrected chi connectivity index (χ1v) is 15.1. The first kappa shape index (κ1) is 28.6. The molecule has 1 aliphatic heterocycles. The van der Waals surface area contributed by atoms with Gasteiger partial charge in [0.15, 0.2) is 15.9 Å². The summed E-state index contributed by atoms with van der Waals surface area (Å²) in [5.74, 6) is 0.555. The third-order valence-corrected chi connectivity index (χ3v) is 9.47. The van der Waals surface area contributed by atoms with Gasteiger partial charge in [-0.2, -0.15) is 5.26 Å². The van der Waals surface area contributed by atoms with E-state index in [0.29, 0.717) is 44.8 Å². The maximum absolute atomic E-state index is 13.7. The summed E-state index contributed by atoms with van der Waals surface area (Å²) in [6.45, 7) is 6.20. The van der Waals surface area contributed by atoms with Crippen molar-refractivity contribution in [3.05, 3.63) is 87.9 Å². The topological polar surface area (TPSA) is 122 Å². The second-order valence-electron chi connectivity index (χ2n) is 10.9. The van der Waals surface area contributed by atoms with Crippen LogP contribution in [0.1, 0.15) is 61.0 Å². The van der Waals surface area contributed by atoms with Crippen LogP contribution in [0.3, 0.4) is 0 Å². The first-order chi connectivity index (χ1) is 19.7. The molecule has 2 aliphatic rings. The molecule has 0 fully saturated rings. The molecular formula is C31H31N5O3S2. The molecule has 41 heavy (non-hydrogen) atoms. The van der Waals surface area contributed by atoms with Crippen LogP contribution in [-0.4, -0.2) is 34.6 Å². The molecule has 1 unspecified atom stereocenters. The Hall–Kier alpha value is -3.94. The molecule has 2 aromatic carbocycles. The van der Waals surface area contributed by atoms with E-state index in [4.69, 9.17) is 10.5 Å². The van der Waals surface area contributed by atoms with Crippen LogP contribution in [0, 0.1) is 16.7 Å². The fourth-order valence-corrected chi connectivity index (χ4v) is 7.12. The van der Waals surface area contributed by atoms with E-state index in [9.17, 15) is 14.9 Å². The fourth-order valence-electron chi connectivity index (χ4n) is 5.35. The molecule has 0 bridgehead atoms. The molecule has 2 heterocycles. The molecule has 2 N–H and O–H groups in total. The van der Waals surface area contributed by atoms with Gasteiger partial charge in [-0.25, -0.2) is 0 Å². The number of nitriles is 1. The van der Waals surface area contributed by atoms with Crippen molar-refractivity contribution in [3.8, 4) is 11.8 Å². The van der Waals surface area contributed by atoms with Gasteiger partial charge in [-0.05, 0) is 53.6 Å². The van der Waals surface area contributed by atoms with Crippen LogP contribution < -0.4 is 15.4 Å². The average Bonchev–Trinajstić information content (AvgIpc) is 3.43. The number of carbonyl (C=O) groups is 2. The van der Waals surface area contributed by atoms with E-state index in [-0.39, 0.29) is 28.6 Å². The summed E-state index contributed by atoms with van der Waals surface area (Å²) in [6, 6.07) is 17.3. The summed E-state index contributed by atoms with van der Waals surface area (Å²) in [7, 11) is 1.58. The number of anilines is 1. The van der Waals surface area contributed by atoms with Gasteiger partial charge >= 0.3 is 0 Å². The van der Waals surface area contributed by atoms with Crippen molar-refractivity contribution in [2.45, 2.75) is 50.3 Å². The molecule has 0 amide bonds. The SMILES string of the molecule is CCc1ccc(C2C(C#N)=C(N)N(c3nnc(SCC(=O)c4ccc(OC)cc4)s3)C3=C2C(=O)CC(C)(C)C3)cc1. The zero-order valence-electron chi connectivity index (χ0n) is 23.4. The lowest BCUT2D eigenvalue weighted by atomic mass is 9.68. The lowest BCUT2D eigenvalue weighted by Gasteiger charge is -2.42.